The van der Waals surface area contributed by atoms with Crippen molar-refractivity contribution in [2.24, 2.45) is 11.8 Å². The van der Waals surface area contributed by atoms with Gasteiger partial charge in [-0.25, -0.2) is 4.68 Å². The Hall–Kier alpha value is -1.14. The Balaban J connectivity index is 0.00000192. The van der Waals surface area contributed by atoms with Crippen molar-refractivity contribution in [2.45, 2.75) is 58.0 Å². The Morgan fingerprint density at radius 1 is 1.26 bits per heavy atom. The molecule has 130 valence electrons. The normalized spacial score (nSPS) is 28.9. The lowest BCUT2D eigenvalue weighted by Gasteiger charge is -2.34. The van der Waals surface area contributed by atoms with Crippen LogP contribution in [0, 0.1) is 11.8 Å². The van der Waals surface area contributed by atoms with E-state index in [-0.39, 0.29) is 24.4 Å². The van der Waals surface area contributed by atoms with E-state index in [9.17, 15) is 4.79 Å². The van der Waals surface area contributed by atoms with Gasteiger partial charge in [-0.1, -0.05) is 31.9 Å². The second-order valence-electron chi connectivity index (χ2n) is 6.91. The third-order valence-electron chi connectivity index (χ3n) is 5.45. The van der Waals surface area contributed by atoms with Crippen molar-refractivity contribution in [3.05, 3.63) is 11.9 Å². The molecule has 1 saturated carbocycles. The molecule has 1 aromatic rings. The lowest BCUT2D eigenvalue weighted by atomic mass is 9.78. The highest BCUT2D eigenvalue weighted by molar-refractivity contribution is 5.92. The minimum atomic E-state index is -0.0777. The van der Waals surface area contributed by atoms with E-state index in [1.807, 2.05) is 10.9 Å². The van der Waals surface area contributed by atoms with Crippen LogP contribution in [-0.4, -0.2) is 40.0 Å². The molecule has 2 heterocycles. The zero-order valence-electron chi connectivity index (χ0n) is 14.0. The Morgan fingerprint density at radius 2 is 2.00 bits per heavy atom. The SMILES string of the molecule is CC1CCCC(NC(=O)c2cn(C3CCNCC3)nn2)C1C.Cl. The number of nitrogens with zero attached hydrogens (tertiary/aromatic N) is 3. The topological polar surface area (TPSA) is 71.8 Å². The number of aromatic nitrogens is 3. The zero-order chi connectivity index (χ0) is 15.5. The first-order valence-electron chi connectivity index (χ1n) is 8.58. The summed E-state index contributed by atoms with van der Waals surface area (Å²) in [5, 5.41) is 14.7. The first kappa shape index (κ1) is 18.2. The van der Waals surface area contributed by atoms with E-state index in [0.717, 1.165) is 32.4 Å². The molecule has 1 aromatic heterocycles. The number of hydrogen-bond donors (Lipinski definition) is 2. The molecule has 1 aliphatic carbocycles. The number of amides is 1. The van der Waals surface area contributed by atoms with Crippen molar-refractivity contribution < 1.29 is 4.79 Å². The van der Waals surface area contributed by atoms with Gasteiger partial charge in [0.1, 0.15) is 0 Å². The van der Waals surface area contributed by atoms with Gasteiger partial charge in [-0.2, -0.15) is 0 Å². The average molecular weight is 342 g/mol. The van der Waals surface area contributed by atoms with Gasteiger partial charge in [-0.05, 0) is 44.2 Å². The molecule has 2 fully saturated rings. The molecule has 0 radical (unpaired) electrons. The highest BCUT2D eigenvalue weighted by atomic mass is 35.5. The summed E-state index contributed by atoms with van der Waals surface area (Å²) in [6, 6.07) is 0.629. The van der Waals surface area contributed by atoms with Gasteiger partial charge >= 0.3 is 0 Å². The minimum Gasteiger partial charge on any atom is -0.348 e. The predicted molar refractivity (Wildman–Crippen MR) is 91.8 cm³/mol. The minimum absolute atomic E-state index is 0. The maximum atomic E-state index is 12.4. The van der Waals surface area contributed by atoms with E-state index in [1.165, 1.54) is 12.8 Å². The van der Waals surface area contributed by atoms with Crippen molar-refractivity contribution in [3.63, 3.8) is 0 Å². The van der Waals surface area contributed by atoms with E-state index in [0.29, 0.717) is 23.6 Å². The molecule has 2 N–H and O–H groups in total. The van der Waals surface area contributed by atoms with Crippen LogP contribution in [0.3, 0.4) is 0 Å². The first-order valence-corrected chi connectivity index (χ1v) is 8.58. The molecular formula is C16H28ClN5O. The van der Waals surface area contributed by atoms with Gasteiger partial charge in [-0.3, -0.25) is 4.79 Å². The van der Waals surface area contributed by atoms with Crippen molar-refractivity contribution in [1.82, 2.24) is 25.6 Å². The fourth-order valence-electron chi connectivity index (χ4n) is 3.66. The quantitative estimate of drug-likeness (QED) is 0.884. The third kappa shape index (κ3) is 4.23. The lowest BCUT2D eigenvalue weighted by Crippen LogP contribution is -2.43. The monoisotopic (exact) mass is 341 g/mol. The molecule has 0 aromatic carbocycles. The zero-order valence-corrected chi connectivity index (χ0v) is 14.8. The van der Waals surface area contributed by atoms with Crippen LogP contribution >= 0.6 is 12.4 Å². The number of rotatable bonds is 3. The lowest BCUT2D eigenvalue weighted by molar-refractivity contribution is 0.0886. The van der Waals surface area contributed by atoms with Crippen LogP contribution in [0.2, 0.25) is 0 Å². The smallest absolute Gasteiger partial charge is 0.273 e. The molecule has 6 nitrogen and oxygen atoms in total. The molecular weight excluding hydrogens is 314 g/mol. The molecule has 3 rings (SSSR count). The summed E-state index contributed by atoms with van der Waals surface area (Å²) in [5.41, 5.74) is 0.448. The maximum absolute atomic E-state index is 12.4. The summed E-state index contributed by atoms with van der Waals surface area (Å²) in [7, 11) is 0. The van der Waals surface area contributed by atoms with Crippen LogP contribution in [0.25, 0.3) is 0 Å². The predicted octanol–water partition coefficient (Wildman–Crippen LogP) is 2.18. The van der Waals surface area contributed by atoms with Crippen LogP contribution in [0.5, 0.6) is 0 Å². The molecule has 1 aliphatic heterocycles. The van der Waals surface area contributed by atoms with Crippen LogP contribution in [0.15, 0.2) is 6.20 Å². The highest BCUT2D eigenvalue weighted by Crippen LogP contribution is 2.29. The summed E-state index contributed by atoms with van der Waals surface area (Å²) < 4.78 is 1.86. The molecule has 2 aliphatic rings. The van der Waals surface area contributed by atoms with Gasteiger partial charge in [0, 0.05) is 6.04 Å². The number of carbonyl (C=O) groups is 1. The van der Waals surface area contributed by atoms with E-state index >= 15 is 0 Å². The van der Waals surface area contributed by atoms with Gasteiger partial charge < -0.3 is 10.6 Å². The van der Waals surface area contributed by atoms with Crippen molar-refractivity contribution in [2.75, 3.05) is 13.1 Å². The fraction of sp³-hybridized carbons (Fsp3) is 0.812. The third-order valence-corrected chi connectivity index (χ3v) is 5.45. The number of halogens is 1. The summed E-state index contributed by atoms with van der Waals surface area (Å²) in [6.45, 7) is 6.52. The van der Waals surface area contributed by atoms with Crippen LogP contribution in [0.4, 0.5) is 0 Å². The van der Waals surface area contributed by atoms with Crippen LogP contribution in [0.1, 0.15) is 62.5 Å². The van der Waals surface area contributed by atoms with Crippen LogP contribution in [-0.2, 0) is 0 Å². The van der Waals surface area contributed by atoms with E-state index < -0.39 is 0 Å². The molecule has 1 saturated heterocycles. The standard InChI is InChI=1S/C16H27N5O.ClH/c1-11-4-3-5-14(12(11)2)18-16(22)15-10-21(20-19-15)13-6-8-17-9-7-13;/h10-14,17H,3-9H2,1-2H3,(H,18,22);1H. The van der Waals surface area contributed by atoms with Crippen molar-refractivity contribution in [1.29, 1.82) is 0 Å². The number of carbonyl (C=O) groups excluding carboxylic acids is 1. The number of hydrogen-bond acceptors (Lipinski definition) is 4. The molecule has 23 heavy (non-hydrogen) atoms. The summed E-state index contributed by atoms with van der Waals surface area (Å²) >= 11 is 0. The first-order chi connectivity index (χ1) is 10.6. The fourth-order valence-corrected chi connectivity index (χ4v) is 3.66. The largest absolute Gasteiger partial charge is 0.348 e. The van der Waals surface area contributed by atoms with Crippen molar-refractivity contribution in [3.8, 4) is 0 Å². The van der Waals surface area contributed by atoms with E-state index in [4.69, 9.17) is 0 Å². The number of piperidine rings is 1. The van der Waals surface area contributed by atoms with Gasteiger partial charge in [0.15, 0.2) is 5.69 Å². The second kappa shape index (κ2) is 8.11. The molecule has 0 spiro atoms. The maximum Gasteiger partial charge on any atom is 0.273 e. The summed E-state index contributed by atoms with van der Waals surface area (Å²) in [4.78, 5) is 12.4. The molecule has 7 heteroatoms. The van der Waals surface area contributed by atoms with Gasteiger partial charge in [0.2, 0.25) is 0 Å². The molecule has 3 atom stereocenters. The van der Waals surface area contributed by atoms with Gasteiger partial charge in [0.05, 0.1) is 12.2 Å². The van der Waals surface area contributed by atoms with Crippen molar-refractivity contribution >= 4 is 18.3 Å². The Labute approximate surface area is 144 Å². The van der Waals surface area contributed by atoms with E-state index in [1.54, 1.807) is 0 Å². The average Bonchev–Trinajstić information content (AvgIpc) is 3.03. The Morgan fingerprint density at radius 3 is 2.74 bits per heavy atom. The molecule has 1 amide bonds. The summed E-state index contributed by atoms with van der Waals surface area (Å²) in [6.07, 6.45) is 7.42. The molecule has 0 bridgehead atoms. The summed E-state index contributed by atoms with van der Waals surface area (Å²) in [5.74, 6) is 1.12. The molecule has 3 unspecified atom stereocenters. The van der Waals surface area contributed by atoms with E-state index in [2.05, 4.69) is 34.8 Å². The van der Waals surface area contributed by atoms with Crippen LogP contribution < -0.4 is 10.6 Å². The van der Waals surface area contributed by atoms with Gasteiger partial charge in [0.25, 0.3) is 5.91 Å². The van der Waals surface area contributed by atoms with Gasteiger partial charge in [-0.15, -0.1) is 17.5 Å². The Bertz CT molecular complexity index is 514. The Kier molecular flexibility index (Phi) is 6.41. The number of nitrogens with one attached hydrogen (secondary N) is 2. The second-order valence-corrected chi connectivity index (χ2v) is 6.91. The highest BCUT2D eigenvalue weighted by Gasteiger charge is 2.29.